The number of hydrogen-bond donors (Lipinski definition) is 0. The Hall–Kier alpha value is -1.53. The lowest BCUT2D eigenvalue weighted by Crippen LogP contribution is -2.05. The molecule has 3 nitrogen and oxygen atoms in total. The van der Waals surface area contributed by atoms with Gasteiger partial charge in [0.1, 0.15) is 0 Å². The number of rotatable bonds is 2. The van der Waals surface area contributed by atoms with Crippen LogP contribution in [0.3, 0.4) is 0 Å². The molecule has 0 atom stereocenters. The van der Waals surface area contributed by atoms with Crippen molar-refractivity contribution in [1.29, 1.82) is 5.26 Å². The number of halogens is 1. The summed E-state index contributed by atoms with van der Waals surface area (Å²) in [6.07, 6.45) is 0. The van der Waals surface area contributed by atoms with E-state index in [-0.39, 0.29) is 6.61 Å². The predicted molar refractivity (Wildman–Crippen MR) is 63.2 cm³/mol. The second-order valence-electron chi connectivity index (χ2n) is 2.54. The summed E-state index contributed by atoms with van der Waals surface area (Å²) in [4.78, 5) is 11.4. The highest BCUT2D eigenvalue weighted by Crippen LogP contribution is 2.05. The van der Waals surface area contributed by atoms with Crippen LogP contribution in [0.4, 0.5) is 0 Å². The highest BCUT2D eigenvalue weighted by molar-refractivity contribution is 14.1. The molecule has 4 heteroatoms. The molecule has 0 heterocycles. The summed E-state index contributed by atoms with van der Waals surface area (Å²) in [6, 6.07) is 8.30. The maximum Gasteiger partial charge on any atom is 0.339 e. The first-order valence-electron chi connectivity index (χ1n) is 4.03. The molecular formula is C11H6INO2. The molecule has 0 aliphatic carbocycles. The smallest absolute Gasteiger partial charge is 0.339 e. The fraction of sp³-hybridized carbons (Fsp3) is 0.0909. The van der Waals surface area contributed by atoms with Crippen LogP contribution in [-0.2, 0) is 4.74 Å². The largest absolute Gasteiger partial charge is 0.449 e. The fourth-order valence-corrected chi connectivity index (χ4v) is 1.08. The van der Waals surface area contributed by atoms with E-state index in [2.05, 4.69) is 9.85 Å². The number of nitrogens with zero attached hydrogens (tertiary/aromatic N) is 1. The number of carbonyl (C=O) groups is 1. The molecule has 15 heavy (non-hydrogen) atoms. The fourth-order valence-electron chi connectivity index (χ4n) is 0.928. The van der Waals surface area contributed by atoms with Crippen molar-refractivity contribution >= 4 is 28.6 Å². The van der Waals surface area contributed by atoms with Crippen molar-refractivity contribution in [3.05, 3.63) is 35.4 Å². The summed E-state index contributed by atoms with van der Waals surface area (Å²) in [5, 5.41) is 8.63. The van der Waals surface area contributed by atoms with Crippen molar-refractivity contribution in [1.82, 2.24) is 0 Å². The SMILES string of the molecule is N#Cc1cccc(C(=O)OCC#CI)c1. The number of esters is 1. The molecule has 0 saturated heterocycles. The van der Waals surface area contributed by atoms with Crippen LogP contribution in [0.2, 0.25) is 0 Å². The zero-order chi connectivity index (χ0) is 11.1. The maximum atomic E-state index is 11.4. The van der Waals surface area contributed by atoms with E-state index in [1.165, 1.54) is 6.07 Å². The Morgan fingerprint density at radius 2 is 2.33 bits per heavy atom. The van der Waals surface area contributed by atoms with E-state index in [0.29, 0.717) is 11.1 Å². The van der Waals surface area contributed by atoms with Gasteiger partial charge in [0.25, 0.3) is 0 Å². The van der Waals surface area contributed by atoms with Crippen LogP contribution in [0.5, 0.6) is 0 Å². The van der Waals surface area contributed by atoms with Crippen LogP contribution in [0, 0.1) is 21.2 Å². The summed E-state index contributed by atoms with van der Waals surface area (Å²) < 4.78 is 7.43. The lowest BCUT2D eigenvalue weighted by Gasteiger charge is -2.00. The Morgan fingerprint density at radius 3 is 3.00 bits per heavy atom. The van der Waals surface area contributed by atoms with Gasteiger partial charge < -0.3 is 4.74 Å². The molecule has 0 aromatic heterocycles. The molecule has 0 saturated carbocycles. The average molecular weight is 311 g/mol. The molecule has 0 bridgehead atoms. The normalized spacial score (nSPS) is 8.27. The molecule has 74 valence electrons. The standard InChI is InChI=1S/C11H6INO2/c12-5-2-6-15-11(14)10-4-1-3-9(7-10)8-13/h1,3-4,7H,6H2. The van der Waals surface area contributed by atoms with E-state index < -0.39 is 5.97 Å². The third-order valence-corrected chi connectivity index (χ3v) is 1.95. The third kappa shape index (κ3) is 3.61. The molecule has 1 rings (SSSR count). The van der Waals surface area contributed by atoms with Crippen LogP contribution < -0.4 is 0 Å². The number of carbonyl (C=O) groups excluding carboxylic acids is 1. The highest BCUT2D eigenvalue weighted by Gasteiger charge is 2.06. The van der Waals surface area contributed by atoms with Crippen molar-refractivity contribution < 1.29 is 9.53 Å². The summed E-state index contributed by atoms with van der Waals surface area (Å²) in [5.41, 5.74) is 0.800. The minimum Gasteiger partial charge on any atom is -0.449 e. The predicted octanol–water partition coefficient (Wildman–Crippen LogP) is 2.11. The molecule has 1 aromatic rings. The summed E-state index contributed by atoms with van der Waals surface area (Å²) >= 11 is 1.86. The van der Waals surface area contributed by atoms with Crippen LogP contribution >= 0.6 is 22.6 Å². The number of hydrogen-bond acceptors (Lipinski definition) is 3. The molecular weight excluding hydrogens is 305 g/mol. The van der Waals surface area contributed by atoms with Gasteiger partial charge in [0.05, 0.1) is 17.2 Å². The quantitative estimate of drug-likeness (QED) is 0.477. The second-order valence-corrected chi connectivity index (χ2v) is 3.08. The van der Waals surface area contributed by atoms with Crippen LogP contribution in [0.25, 0.3) is 0 Å². The molecule has 0 spiro atoms. The van der Waals surface area contributed by atoms with Crippen molar-refractivity contribution in [2.75, 3.05) is 6.61 Å². The lowest BCUT2D eigenvalue weighted by molar-refractivity contribution is 0.0556. The number of ether oxygens (including phenoxy) is 1. The van der Waals surface area contributed by atoms with Gasteiger partial charge in [-0.3, -0.25) is 0 Å². The highest BCUT2D eigenvalue weighted by atomic mass is 127. The van der Waals surface area contributed by atoms with E-state index >= 15 is 0 Å². The lowest BCUT2D eigenvalue weighted by atomic mass is 10.1. The molecule has 0 unspecified atom stereocenters. The van der Waals surface area contributed by atoms with Crippen LogP contribution in [0.1, 0.15) is 15.9 Å². The summed E-state index contributed by atoms with van der Waals surface area (Å²) in [7, 11) is 0. The van der Waals surface area contributed by atoms with E-state index in [1.807, 2.05) is 28.7 Å². The average Bonchev–Trinajstić information content (AvgIpc) is 2.29. The minimum atomic E-state index is -0.466. The summed E-state index contributed by atoms with van der Waals surface area (Å²) in [6.45, 7) is 0.0680. The topological polar surface area (TPSA) is 50.1 Å². The van der Waals surface area contributed by atoms with Gasteiger partial charge in [-0.25, -0.2) is 4.79 Å². The maximum absolute atomic E-state index is 11.4. The van der Waals surface area contributed by atoms with Crippen LogP contribution in [0.15, 0.2) is 24.3 Å². The van der Waals surface area contributed by atoms with Gasteiger partial charge in [0, 0.05) is 22.6 Å². The Balaban J connectivity index is 2.73. The van der Waals surface area contributed by atoms with Gasteiger partial charge in [-0.15, -0.1) is 0 Å². The van der Waals surface area contributed by atoms with E-state index in [9.17, 15) is 4.79 Å². The van der Waals surface area contributed by atoms with Gasteiger partial charge in [0.2, 0.25) is 0 Å². The third-order valence-electron chi connectivity index (χ3n) is 1.57. The molecule has 0 aliphatic rings. The Morgan fingerprint density at radius 1 is 1.53 bits per heavy atom. The van der Waals surface area contributed by atoms with Crippen molar-refractivity contribution in [2.24, 2.45) is 0 Å². The first kappa shape index (κ1) is 11.5. The second kappa shape index (κ2) is 6.05. The Bertz CT molecular complexity index is 465. The zero-order valence-corrected chi connectivity index (χ0v) is 9.82. The molecule has 0 N–H and O–H groups in total. The number of benzene rings is 1. The Labute approximate surface area is 101 Å². The number of nitriles is 1. The molecule has 0 amide bonds. The Kier molecular flexibility index (Phi) is 4.65. The van der Waals surface area contributed by atoms with E-state index in [1.54, 1.807) is 18.2 Å². The minimum absolute atomic E-state index is 0.0680. The zero-order valence-electron chi connectivity index (χ0n) is 7.66. The van der Waals surface area contributed by atoms with Gasteiger partial charge in [-0.2, -0.15) is 5.26 Å². The monoisotopic (exact) mass is 311 g/mol. The molecule has 0 aliphatic heterocycles. The van der Waals surface area contributed by atoms with E-state index in [4.69, 9.17) is 10.00 Å². The summed E-state index contributed by atoms with van der Waals surface area (Å²) in [5.74, 6) is 2.14. The molecule has 1 aromatic carbocycles. The first-order valence-corrected chi connectivity index (χ1v) is 5.11. The molecule has 0 radical (unpaired) electrons. The molecule has 0 fully saturated rings. The van der Waals surface area contributed by atoms with Gasteiger partial charge >= 0.3 is 5.97 Å². The van der Waals surface area contributed by atoms with Crippen LogP contribution in [-0.4, -0.2) is 12.6 Å². The van der Waals surface area contributed by atoms with Crippen molar-refractivity contribution in [3.8, 4) is 15.9 Å². The van der Waals surface area contributed by atoms with E-state index in [0.717, 1.165) is 0 Å². The van der Waals surface area contributed by atoms with Crippen molar-refractivity contribution in [2.45, 2.75) is 0 Å². The van der Waals surface area contributed by atoms with Gasteiger partial charge in [-0.1, -0.05) is 12.0 Å². The van der Waals surface area contributed by atoms with Gasteiger partial charge in [0.15, 0.2) is 6.61 Å². The first-order chi connectivity index (χ1) is 7.27. The van der Waals surface area contributed by atoms with Crippen molar-refractivity contribution in [3.63, 3.8) is 0 Å². The van der Waals surface area contributed by atoms with Gasteiger partial charge in [-0.05, 0) is 22.1 Å².